The van der Waals surface area contributed by atoms with Gasteiger partial charge >= 0.3 is 0 Å². The van der Waals surface area contributed by atoms with Crippen molar-refractivity contribution < 1.29 is 19.7 Å². The molecule has 66 valence electrons. The van der Waals surface area contributed by atoms with E-state index in [9.17, 15) is 10.2 Å². The van der Waals surface area contributed by atoms with E-state index in [0.29, 0.717) is 6.42 Å². The van der Waals surface area contributed by atoms with Gasteiger partial charge in [-0.3, -0.25) is 0 Å². The molecule has 1 aliphatic rings. The van der Waals surface area contributed by atoms with E-state index in [2.05, 4.69) is 0 Å². The van der Waals surface area contributed by atoms with E-state index in [4.69, 9.17) is 9.47 Å². The molecule has 1 unspecified atom stereocenters. The van der Waals surface area contributed by atoms with Crippen LogP contribution in [0, 0.1) is 0 Å². The standard InChI is InChI=1S/C7H14O4/c1-4-7(9)5(8)3-6(10-2)11-4/h4-9H,3H2,1-2H3/t4-,5+,6?,7-/m1/s1. The first-order valence-electron chi connectivity index (χ1n) is 3.69. The summed E-state index contributed by atoms with van der Waals surface area (Å²) in [6, 6.07) is 0. The summed E-state index contributed by atoms with van der Waals surface area (Å²) in [6.45, 7) is 1.71. The van der Waals surface area contributed by atoms with Crippen molar-refractivity contribution in [2.45, 2.75) is 37.9 Å². The molecule has 1 heterocycles. The zero-order valence-corrected chi connectivity index (χ0v) is 6.73. The third kappa shape index (κ3) is 1.90. The summed E-state index contributed by atoms with van der Waals surface area (Å²) in [7, 11) is 1.52. The van der Waals surface area contributed by atoms with Crippen molar-refractivity contribution in [1.29, 1.82) is 0 Å². The third-order valence-corrected chi connectivity index (χ3v) is 1.94. The molecule has 0 bridgehead atoms. The average Bonchev–Trinajstić information content (AvgIpc) is 1.99. The number of methoxy groups -OCH3 is 1. The Morgan fingerprint density at radius 3 is 2.55 bits per heavy atom. The van der Waals surface area contributed by atoms with E-state index < -0.39 is 12.2 Å². The minimum absolute atomic E-state index is 0.335. The van der Waals surface area contributed by atoms with Gasteiger partial charge in [0.15, 0.2) is 6.29 Å². The maximum atomic E-state index is 9.24. The van der Waals surface area contributed by atoms with E-state index in [-0.39, 0.29) is 12.4 Å². The SMILES string of the molecule is COC1C[C@H](O)[C@H](O)[C@@H](C)O1. The van der Waals surface area contributed by atoms with Crippen LogP contribution in [-0.2, 0) is 9.47 Å². The van der Waals surface area contributed by atoms with Crippen LogP contribution in [-0.4, -0.2) is 41.9 Å². The molecule has 4 heteroatoms. The van der Waals surface area contributed by atoms with Gasteiger partial charge in [0.1, 0.15) is 6.10 Å². The number of hydrogen-bond donors (Lipinski definition) is 2. The lowest BCUT2D eigenvalue weighted by Crippen LogP contribution is -2.47. The highest BCUT2D eigenvalue weighted by Crippen LogP contribution is 2.19. The Labute approximate surface area is 65.7 Å². The minimum atomic E-state index is -0.790. The lowest BCUT2D eigenvalue weighted by atomic mass is 10.0. The molecule has 2 N–H and O–H groups in total. The van der Waals surface area contributed by atoms with Gasteiger partial charge in [0.05, 0.1) is 12.2 Å². The Morgan fingerprint density at radius 2 is 2.09 bits per heavy atom. The van der Waals surface area contributed by atoms with Gasteiger partial charge in [-0.2, -0.15) is 0 Å². The third-order valence-electron chi connectivity index (χ3n) is 1.94. The molecule has 4 atom stereocenters. The summed E-state index contributed by atoms with van der Waals surface area (Å²) in [5.41, 5.74) is 0. The van der Waals surface area contributed by atoms with E-state index >= 15 is 0 Å². The molecule has 1 saturated heterocycles. The van der Waals surface area contributed by atoms with Crippen molar-refractivity contribution >= 4 is 0 Å². The molecule has 0 spiro atoms. The van der Waals surface area contributed by atoms with Crippen LogP contribution in [0.2, 0.25) is 0 Å². The summed E-state index contributed by atoms with van der Waals surface area (Å²) >= 11 is 0. The molecule has 1 fully saturated rings. The van der Waals surface area contributed by atoms with Gasteiger partial charge in [-0.1, -0.05) is 0 Å². The zero-order valence-electron chi connectivity index (χ0n) is 6.73. The van der Waals surface area contributed by atoms with Crippen LogP contribution in [0.25, 0.3) is 0 Å². The second kappa shape index (κ2) is 3.49. The van der Waals surface area contributed by atoms with Crippen LogP contribution in [0.4, 0.5) is 0 Å². The van der Waals surface area contributed by atoms with Gasteiger partial charge in [0.2, 0.25) is 0 Å². The van der Waals surface area contributed by atoms with Gasteiger partial charge < -0.3 is 19.7 Å². The Hall–Kier alpha value is -0.160. The molecule has 0 aromatic heterocycles. The van der Waals surface area contributed by atoms with Gasteiger partial charge in [-0.15, -0.1) is 0 Å². The highest BCUT2D eigenvalue weighted by Gasteiger charge is 2.33. The zero-order chi connectivity index (χ0) is 8.43. The molecular formula is C7H14O4. The maximum absolute atomic E-state index is 9.24. The highest BCUT2D eigenvalue weighted by molar-refractivity contribution is 4.79. The second-order valence-electron chi connectivity index (χ2n) is 2.80. The van der Waals surface area contributed by atoms with Gasteiger partial charge in [0, 0.05) is 13.5 Å². The second-order valence-corrected chi connectivity index (χ2v) is 2.80. The first-order valence-corrected chi connectivity index (χ1v) is 3.69. The molecule has 0 amide bonds. The largest absolute Gasteiger partial charge is 0.390 e. The first-order chi connectivity index (χ1) is 5.15. The molecule has 11 heavy (non-hydrogen) atoms. The lowest BCUT2D eigenvalue weighted by Gasteiger charge is -2.34. The number of rotatable bonds is 1. The molecular weight excluding hydrogens is 148 g/mol. The van der Waals surface area contributed by atoms with E-state index in [1.807, 2.05) is 0 Å². The van der Waals surface area contributed by atoms with E-state index in [1.54, 1.807) is 6.92 Å². The van der Waals surface area contributed by atoms with Gasteiger partial charge in [-0.05, 0) is 6.92 Å². The summed E-state index contributed by atoms with van der Waals surface area (Å²) < 4.78 is 10.1. The van der Waals surface area contributed by atoms with Crippen LogP contribution in [0.1, 0.15) is 13.3 Å². The predicted octanol–water partition coefficient (Wildman–Crippen LogP) is -0.510. The van der Waals surface area contributed by atoms with Gasteiger partial charge in [0.25, 0.3) is 0 Å². The van der Waals surface area contributed by atoms with Crippen molar-refractivity contribution in [3.8, 4) is 0 Å². The summed E-state index contributed by atoms with van der Waals surface area (Å²) in [5.74, 6) is 0. The van der Waals surface area contributed by atoms with Crippen molar-refractivity contribution in [3.63, 3.8) is 0 Å². The average molecular weight is 162 g/mol. The molecule has 0 aliphatic carbocycles. The quantitative estimate of drug-likeness (QED) is 0.545. The Bertz CT molecular complexity index is 116. The topological polar surface area (TPSA) is 58.9 Å². The minimum Gasteiger partial charge on any atom is -0.390 e. The molecule has 4 nitrogen and oxygen atoms in total. The number of aliphatic hydroxyl groups is 2. The Morgan fingerprint density at radius 1 is 1.45 bits per heavy atom. The van der Waals surface area contributed by atoms with Crippen molar-refractivity contribution in [1.82, 2.24) is 0 Å². The van der Waals surface area contributed by atoms with Crippen LogP contribution in [0.15, 0.2) is 0 Å². The van der Waals surface area contributed by atoms with Crippen LogP contribution in [0.3, 0.4) is 0 Å². The molecule has 1 aliphatic heterocycles. The normalized spacial score (nSPS) is 45.8. The monoisotopic (exact) mass is 162 g/mol. The fourth-order valence-electron chi connectivity index (χ4n) is 1.18. The summed E-state index contributed by atoms with van der Waals surface area (Å²) in [4.78, 5) is 0. The number of aliphatic hydroxyl groups excluding tert-OH is 2. The Kier molecular flexibility index (Phi) is 2.84. The molecule has 0 aromatic carbocycles. The highest BCUT2D eigenvalue weighted by atomic mass is 16.7. The van der Waals surface area contributed by atoms with Crippen LogP contribution >= 0.6 is 0 Å². The molecule has 1 rings (SSSR count). The predicted molar refractivity (Wildman–Crippen MR) is 38.0 cm³/mol. The summed E-state index contributed by atoms with van der Waals surface area (Å²) in [6.07, 6.45) is -1.93. The Balaban J connectivity index is 2.47. The molecule has 0 radical (unpaired) electrons. The maximum Gasteiger partial charge on any atom is 0.160 e. The van der Waals surface area contributed by atoms with Crippen LogP contribution in [0.5, 0.6) is 0 Å². The summed E-state index contributed by atoms with van der Waals surface area (Å²) in [5, 5.41) is 18.5. The van der Waals surface area contributed by atoms with E-state index in [0.717, 1.165) is 0 Å². The van der Waals surface area contributed by atoms with Gasteiger partial charge in [-0.25, -0.2) is 0 Å². The fraction of sp³-hybridized carbons (Fsp3) is 1.00. The lowest BCUT2D eigenvalue weighted by molar-refractivity contribution is -0.237. The van der Waals surface area contributed by atoms with E-state index in [1.165, 1.54) is 7.11 Å². The smallest absolute Gasteiger partial charge is 0.160 e. The van der Waals surface area contributed by atoms with Crippen molar-refractivity contribution in [2.24, 2.45) is 0 Å². The molecule has 0 aromatic rings. The fourth-order valence-corrected chi connectivity index (χ4v) is 1.18. The van der Waals surface area contributed by atoms with Crippen molar-refractivity contribution in [3.05, 3.63) is 0 Å². The number of ether oxygens (including phenoxy) is 2. The number of hydrogen-bond acceptors (Lipinski definition) is 4. The molecule has 0 saturated carbocycles. The first kappa shape index (κ1) is 8.93. The van der Waals surface area contributed by atoms with Crippen LogP contribution < -0.4 is 0 Å². The van der Waals surface area contributed by atoms with Crippen molar-refractivity contribution in [2.75, 3.05) is 7.11 Å².